The van der Waals surface area contributed by atoms with Crippen molar-refractivity contribution in [2.75, 3.05) is 6.54 Å². The lowest BCUT2D eigenvalue weighted by Crippen LogP contribution is -2.01. The summed E-state index contributed by atoms with van der Waals surface area (Å²) in [4.78, 5) is 0. The molecule has 0 unspecified atom stereocenters. The van der Waals surface area contributed by atoms with E-state index in [0.29, 0.717) is 18.5 Å². The van der Waals surface area contributed by atoms with E-state index in [0.717, 1.165) is 12.0 Å². The normalized spacial score (nSPS) is 10.5. The van der Waals surface area contributed by atoms with Gasteiger partial charge in [-0.3, -0.25) is 0 Å². The molecule has 0 spiro atoms. The molecule has 3 heteroatoms. The van der Waals surface area contributed by atoms with Gasteiger partial charge in [0.15, 0.2) is 11.6 Å². The molecule has 0 aromatic heterocycles. The summed E-state index contributed by atoms with van der Waals surface area (Å²) in [5, 5.41) is 0. The molecule has 2 N–H and O–H groups in total. The van der Waals surface area contributed by atoms with Crippen LogP contribution >= 0.6 is 0 Å². The van der Waals surface area contributed by atoms with Crippen molar-refractivity contribution in [1.82, 2.24) is 0 Å². The van der Waals surface area contributed by atoms with Crippen LogP contribution in [0.25, 0.3) is 0 Å². The predicted octanol–water partition coefficient (Wildman–Crippen LogP) is 2.16. The largest absolute Gasteiger partial charge is 0.330 e. The van der Waals surface area contributed by atoms with Gasteiger partial charge in [-0.15, -0.1) is 0 Å². The molecule has 72 valence electrons. The highest BCUT2D eigenvalue weighted by molar-refractivity contribution is 5.25. The first-order chi connectivity index (χ1) is 6.15. The first-order valence-corrected chi connectivity index (χ1v) is 4.29. The van der Waals surface area contributed by atoms with Crippen LogP contribution in [0.15, 0.2) is 12.1 Å². The van der Waals surface area contributed by atoms with E-state index in [1.54, 1.807) is 13.0 Å². The van der Waals surface area contributed by atoms with Crippen LogP contribution in [0.1, 0.15) is 17.5 Å². The quantitative estimate of drug-likeness (QED) is 0.767. The number of benzene rings is 1. The van der Waals surface area contributed by atoms with Crippen LogP contribution in [-0.2, 0) is 6.42 Å². The fourth-order valence-electron chi connectivity index (χ4n) is 1.25. The maximum absolute atomic E-state index is 12.9. The molecule has 0 saturated carbocycles. The molecule has 1 aromatic carbocycles. The molecule has 0 saturated heterocycles. The number of hydrogen-bond donors (Lipinski definition) is 1. The average Bonchev–Trinajstić information content (AvgIpc) is 2.10. The molecule has 0 aliphatic carbocycles. The fraction of sp³-hybridized carbons (Fsp3) is 0.400. The summed E-state index contributed by atoms with van der Waals surface area (Å²) in [6.07, 6.45) is 1.50. The van der Waals surface area contributed by atoms with Crippen LogP contribution in [0.4, 0.5) is 8.78 Å². The highest BCUT2D eigenvalue weighted by atomic mass is 19.2. The van der Waals surface area contributed by atoms with Gasteiger partial charge >= 0.3 is 0 Å². The van der Waals surface area contributed by atoms with Gasteiger partial charge in [0.1, 0.15) is 0 Å². The number of aryl methyl sites for hydroxylation is 2. The number of hydrogen-bond acceptors (Lipinski definition) is 1. The van der Waals surface area contributed by atoms with E-state index in [2.05, 4.69) is 0 Å². The second-order valence-electron chi connectivity index (χ2n) is 3.10. The Hall–Kier alpha value is -0.960. The van der Waals surface area contributed by atoms with Gasteiger partial charge in [-0.25, -0.2) is 8.78 Å². The summed E-state index contributed by atoms with van der Waals surface area (Å²) in [7, 11) is 0. The molecular formula is C10H13F2N. The lowest BCUT2D eigenvalue weighted by atomic mass is 10.1. The minimum Gasteiger partial charge on any atom is -0.330 e. The summed E-state index contributed by atoms with van der Waals surface area (Å²) >= 11 is 0. The molecular weight excluding hydrogens is 172 g/mol. The van der Waals surface area contributed by atoms with Crippen LogP contribution in [0.5, 0.6) is 0 Å². The van der Waals surface area contributed by atoms with Crippen LogP contribution in [-0.4, -0.2) is 6.54 Å². The second-order valence-corrected chi connectivity index (χ2v) is 3.10. The van der Waals surface area contributed by atoms with E-state index in [1.807, 2.05) is 0 Å². The van der Waals surface area contributed by atoms with Crippen molar-refractivity contribution in [3.8, 4) is 0 Å². The van der Waals surface area contributed by atoms with Crippen molar-refractivity contribution in [3.63, 3.8) is 0 Å². The molecule has 13 heavy (non-hydrogen) atoms. The maximum Gasteiger partial charge on any atom is 0.161 e. The second kappa shape index (κ2) is 4.33. The zero-order chi connectivity index (χ0) is 9.84. The summed E-state index contributed by atoms with van der Waals surface area (Å²) < 4.78 is 25.7. The maximum atomic E-state index is 12.9. The highest BCUT2D eigenvalue weighted by Gasteiger charge is 2.06. The molecule has 0 atom stereocenters. The molecule has 0 aliphatic heterocycles. The van der Waals surface area contributed by atoms with Crippen molar-refractivity contribution in [2.45, 2.75) is 19.8 Å². The molecule has 0 amide bonds. The third-order valence-electron chi connectivity index (χ3n) is 1.94. The van der Waals surface area contributed by atoms with Gasteiger partial charge in [0.2, 0.25) is 0 Å². The Morgan fingerprint density at radius 1 is 1.31 bits per heavy atom. The van der Waals surface area contributed by atoms with E-state index >= 15 is 0 Å². The summed E-state index contributed by atoms with van der Waals surface area (Å²) in [5.41, 5.74) is 6.48. The molecule has 0 bridgehead atoms. The topological polar surface area (TPSA) is 26.0 Å². The lowest BCUT2D eigenvalue weighted by molar-refractivity contribution is 0.501. The van der Waals surface area contributed by atoms with Crippen molar-refractivity contribution < 1.29 is 8.78 Å². The van der Waals surface area contributed by atoms with E-state index in [1.165, 1.54) is 6.07 Å². The third kappa shape index (κ3) is 2.49. The number of rotatable bonds is 3. The summed E-state index contributed by atoms with van der Waals surface area (Å²) in [5.74, 6) is -1.52. The molecule has 0 heterocycles. The van der Waals surface area contributed by atoms with E-state index < -0.39 is 11.6 Å². The van der Waals surface area contributed by atoms with Crippen molar-refractivity contribution in [1.29, 1.82) is 0 Å². The molecule has 1 aromatic rings. The highest BCUT2D eigenvalue weighted by Crippen LogP contribution is 2.14. The number of nitrogens with two attached hydrogens (primary N) is 1. The van der Waals surface area contributed by atoms with E-state index in [9.17, 15) is 8.78 Å². The van der Waals surface area contributed by atoms with Crippen molar-refractivity contribution in [2.24, 2.45) is 5.73 Å². The Labute approximate surface area is 76.6 Å². The van der Waals surface area contributed by atoms with Crippen LogP contribution in [0.3, 0.4) is 0 Å². The minimum atomic E-state index is -0.771. The standard InChI is InChI=1S/C10H13F2N/c1-7-5-8(3-2-4-13)6-9(11)10(7)12/h5-6H,2-4,13H2,1H3. The smallest absolute Gasteiger partial charge is 0.161 e. The Kier molecular flexibility index (Phi) is 3.37. The SMILES string of the molecule is Cc1cc(CCCN)cc(F)c1F. The van der Waals surface area contributed by atoms with Gasteiger partial charge in [0.25, 0.3) is 0 Å². The molecule has 1 nitrogen and oxygen atoms in total. The first-order valence-electron chi connectivity index (χ1n) is 4.29. The first kappa shape index (κ1) is 10.1. The zero-order valence-electron chi connectivity index (χ0n) is 7.61. The van der Waals surface area contributed by atoms with Crippen molar-refractivity contribution >= 4 is 0 Å². The third-order valence-corrected chi connectivity index (χ3v) is 1.94. The Bertz CT molecular complexity index is 274. The monoisotopic (exact) mass is 185 g/mol. The molecule has 0 aliphatic rings. The lowest BCUT2D eigenvalue weighted by Gasteiger charge is -2.03. The van der Waals surface area contributed by atoms with Gasteiger partial charge in [-0.2, -0.15) is 0 Å². The fourth-order valence-corrected chi connectivity index (χ4v) is 1.25. The molecule has 0 fully saturated rings. The van der Waals surface area contributed by atoms with Crippen molar-refractivity contribution in [3.05, 3.63) is 34.9 Å². The minimum absolute atomic E-state index is 0.354. The van der Waals surface area contributed by atoms with Gasteiger partial charge < -0.3 is 5.73 Å². The average molecular weight is 185 g/mol. The van der Waals surface area contributed by atoms with Gasteiger partial charge in [-0.1, -0.05) is 6.07 Å². The van der Waals surface area contributed by atoms with E-state index in [4.69, 9.17) is 5.73 Å². The van der Waals surface area contributed by atoms with E-state index in [-0.39, 0.29) is 0 Å². The zero-order valence-corrected chi connectivity index (χ0v) is 7.61. The predicted molar refractivity (Wildman–Crippen MR) is 48.5 cm³/mol. The van der Waals surface area contributed by atoms with Crippen LogP contribution in [0, 0.1) is 18.6 Å². The van der Waals surface area contributed by atoms with Gasteiger partial charge in [0, 0.05) is 0 Å². The van der Waals surface area contributed by atoms with Gasteiger partial charge in [-0.05, 0) is 43.5 Å². The Morgan fingerprint density at radius 3 is 2.54 bits per heavy atom. The Morgan fingerprint density at radius 2 is 2.00 bits per heavy atom. The number of halogens is 2. The van der Waals surface area contributed by atoms with Crippen LogP contribution in [0.2, 0.25) is 0 Å². The Balaban J connectivity index is 2.86. The van der Waals surface area contributed by atoms with Gasteiger partial charge in [0.05, 0.1) is 0 Å². The summed E-state index contributed by atoms with van der Waals surface area (Å²) in [6, 6.07) is 2.89. The summed E-state index contributed by atoms with van der Waals surface area (Å²) in [6.45, 7) is 2.13. The molecule has 0 radical (unpaired) electrons. The molecule has 1 rings (SSSR count). The van der Waals surface area contributed by atoms with Crippen LogP contribution < -0.4 is 5.73 Å².